The number of ether oxygens (including phenoxy) is 1. The SMILES string of the molecule is CC(NS(=O)(=O)CCCCCN1CCC(=O)NC1=O)c1ccc(F)c(OCC(F)F)c1. The van der Waals surface area contributed by atoms with E-state index in [1.54, 1.807) is 6.92 Å². The molecule has 2 N–H and O–H groups in total. The molecular formula is C19H26F3N3O5S. The zero-order chi connectivity index (χ0) is 23.0. The minimum Gasteiger partial charge on any atom is -0.485 e. The fraction of sp³-hybridized carbons (Fsp3) is 0.579. The summed E-state index contributed by atoms with van der Waals surface area (Å²) in [5.41, 5.74) is 0.375. The number of alkyl halides is 2. The van der Waals surface area contributed by atoms with Gasteiger partial charge in [-0.25, -0.2) is 31.1 Å². The van der Waals surface area contributed by atoms with Gasteiger partial charge in [-0.3, -0.25) is 10.1 Å². The van der Waals surface area contributed by atoms with Crippen LogP contribution in [0.5, 0.6) is 5.75 Å². The number of sulfonamides is 1. The van der Waals surface area contributed by atoms with Crippen molar-refractivity contribution in [2.75, 3.05) is 25.4 Å². The molecule has 0 spiro atoms. The molecule has 12 heteroatoms. The first-order valence-electron chi connectivity index (χ1n) is 9.86. The molecule has 1 aromatic carbocycles. The number of halogens is 3. The van der Waals surface area contributed by atoms with Gasteiger partial charge in [0.25, 0.3) is 6.43 Å². The van der Waals surface area contributed by atoms with Gasteiger partial charge in [0.15, 0.2) is 11.6 Å². The lowest BCUT2D eigenvalue weighted by molar-refractivity contribution is -0.121. The van der Waals surface area contributed by atoms with E-state index >= 15 is 0 Å². The monoisotopic (exact) mass is 465 g/mol. The highest BCUT2D eigenvalue weighted by Gasteiger charge is 2.22. The van der Waals surface area contributed by atoms with Gasteiger partial charge in [-0.2, -0.15) is 0 Å². The fourth-order valence-electron chi connectivity index (χ4n) is 3.03. The van der Waals surface area contributed by atoms with E-state index in [2.05, 4.69) is 10.0 Å². The third kappa shape index (κ3) is 8.37. The average molecular weight is 465 g/mol. The molecule has 1 saturated heterocycles. The highest BCUT2D eigenvalue weighted by Crippen LogP contribution is 2.24. The standard InChI is InChI=1S/C19H26F3N3O5S/c1-13(14-5-6-15(20)16(11-14)30-12-17(21)22)24-31(28,29)10-4-2-3-8-25-9-7-18(26)23-19(25)27/h5-6,11,13,17,24H,2-4,7-10,12H2,1H3,(H,23,26,27). The number of imide groups is 1. The predicted molar refractivity (Wildman–Crippen MR) is 107 cm³/mol. The van der Waals surface area contributed by atoms with Crippen molar-refractivity contribution in [1.29, 1.82) is 0 Å². The van der Waals surface area contributed by atoms with E-state index in [1.165, 1.54) is 17.0 Å². The number of rotatable bonds is 12. The molecule has 0 bridgehead atoms. The van der Waals surface area contributed by atoms with Crippen molar-refractivity contribution in [3.8, 4) is 5.75 Å². The summed E-state index contributed by atoms with van der Waals surface area (Å²) in [6.45, 7) is 1.37. The molecule has 0 saturated carbocycles. The van der Waals surface area contributed by atoms with E-state index in [1.807, 2.05) is 0 Å². The van der Waals surface area contributed by atoms with Crippen LogP contribution in [0, 0.1) is 5.82 Å². The first-order valence-corrected chi connectivity index (χ1v) is 11.5. The number of urea groups is 1. The number of nitrogens with zero attached hydrogens (tertiary/aromatic N) is 1. The van der Waals surface area contributed by atoms with Crippen molar-refractivity contribution >= 4 is 22.0 Å². The van der Waals surface area contributed by atoms with Gasteiger partial charge >= 0.3 is 6.03 Å². The van der Waals surface area contributed by atoms with Crippen molar-refractivity contribution in [2.45, 2.75) is 45.1 Å². The number of benzene rings is 1. The maximum atomic E-state index is 13.7. The normalized spacial score (nSPS) is 15.8. The molecule has 1 aliphatic heterocycles. The Kier molecular flexibility index (Phi) is 9.11. The van der Waals surface area contributed by atoms with Gasteiger partial charge in [0.2, 0.25) is 15.9 Å². The highest BCUT2D eigenvalue weighted by molar-refractivity contribution is 7.89. The zero-order valence-electron chi connectivity index (χ0n) is 17.1. The molecule has 174 valence electrons. The molecule has 8 nitrogen and oxygen atoms in total. The molecule has 2 rings (SSSR count). The lowest BCUT2D eigenvalue weighted by atomic mass is 10.1. The van der Waals surface area contributed by atoms with Gasteiger partial charge in [0.05, 0.1) is 5.75 Å². The lowest BCUT2D eigenvalue weighted by Crippen LogP contribution is -2.49. The van der Waals surface area contributed by atoms with Crippen molar-refractivity contribution in [3.05, 3.63) is 29.6 Å². The van der Waals surface area contributed by atoms with Crippen LogP contribution in [-0.2, 0) is 14.8 Å². The molecular weight excluding hydrogens is 439 g/mol. The molecule has 31 heavy (non-hydrogen) atoms. The third-order valence-electron chi connectivity index (χ3n) is 4.66. The number of unbranched alkanes of at least 4 members (excludes halogenated alkanes) is 2. The van der Waals surface area contributed by atoms with Gasteiger partial charge in [-0.05, 0) is 37.5 Å². The molecule has 1 atom stereocenters. The van der Waals surface area contributed by atoms with Gasteiger partial charge < -0.3 is 9.64 Å². The lowest BCUT2D eigenvalue weighted by Gasteiger charge is -2.26. The van der Waals surface area contributed by atoms with Gasteiger partial charge in [0, 0.05) is 25.6 Å². The van der Waals surface area contributed by atoms with E-state index in [0.717, 1.165) is 6.07 Å². The second-order valence-electron chi connectivity index (χ2n) is 7.20. The number of amides is 3. The Bertz CT molecular complexity index is 883. The summed E-state index contributed by atoms with van der Waals surface area (Å²) in [7, 11) is -3.64. The maximum Gasteiger partial charge on any atom is 0.324 e. The van der Waals surface area contributed by atoms with Crippen LogP contribution in [0.3, 0.4) is 0 Å². The van der Waals surface area contributed by atoms with Crippen molar-refractivity contribution in [2.24, 2.45) is 0 Å². The van der Waals surface area contributed by atoms with Gasteiger partial charge in [0.1, 0.15) is 6.61 Å². The Morgan fingerprint density at radius 1 is 1.23 bits per heavy atom. The molecule has 0 aliphatic carbocycles. The number of carbonyl (C=O) groups excluding carboxylic acids is 2. The van der Waals surface area contributed by atoms with E-state index < -0.39 is 40.9 Å². The second-order valence-corrected chi connectivity index (χ2v) is 9.07. The summed E-state index contributed by atoms with van der Waals surface area (Å²) in [4.78, 5) is 24.2. The first-order chi connectivity index (χ1) is 14.6. The summed E-state index contributed by atoms with van der Waals surface area (Å²) in [6.07, 6.45) is -0.987. The topological polar surface area (TPSA) is 105 Å². The van der Waals surface area contributed by atoms with E-state index in [-0.39, 0.29) is 23.8 Å². The number of hydrogen-bond acceptors (Lipinski definition) is 5. The highest BCUT2D eigenvalue weighted by atomic mass is 32.2. The molecule has 1 heterocycles. The zero-order valence-corrected chi connectivity index (χ0v) is 17.9. The molecule has 1 unspecified atom stereocenters. The Morgan fingerprint density at radius 2 is 1.97 bits per heavy atom. The number of nitrogens with one attached hydrogen (secondary N) is 2. The van der Waals surface area contributed by atoms with Crippen LogP contribution in [0.1, 0.15) is 44.2 Å². The Labute approximate surface area is 179 Å². The van der Waals surface area contributed by atoms with Crippen LogP contribution >= 0.6 is 0 Å². The summed E-state index contributed by atoms with van der Waals surface area (Å²) in [5.74, 6) is -1.63. The summed E-state index contributed by atoms with van der Waals surface area (Å²) in [5, 5.41) is 2.23. The Balaban J connectivity index is 1.78. The van der Waals surface area contributed by atoms with Crippen LogP contribution in [0.4, 0.5) is 18.0 Å². The minimum absolute atomic E-state index is 0.141. The number of hydrogen-bond donors (Lipinski definition) is 2. The van der Waals surface area contributed by atoms with Crippen molar-refractivity contribution in [1.82, 2.24) is 14.9 Å². The summed E-state index contributed by atoms with van der Waals surface area (Å²) in [6, 6.07) is 2.43. The predicted octanol–water partition coefficient (Wildman–Crippen LogP) is 2.56. The molecule has 0 aromatic heterocycles. The van der Waals surface area contributed by atoms with Gasteiger partial charge in [-0.15, -0.1) is 0 Å². The minimum atomic E-state index is -3.64. The molecule has 1 aromatic rings. The van der Waals surface area contributed by atoms with Gasteiger partial charge in [-0.1, -0.05) is 12.5 Å². The quantitative estimate of drug-likeness (QED) is 0.462. The van der Waals surface area contributed by atoms with Crippen molar-refractivity contribution in [3.63, 3.8) is 0 Å². The first kappa shape index (κ1) is 24.9. The average Bonchev–Trinajstić information content (AvgIpc) is 2.68. The second kappa shape index (κ2) is 11.3. The van der Waals surface area contributed by atoms with E-state index in [0.29, 0.717) is 37.9 Å². The van der Waals surface area contributed by atoms with Crippen LogP contribution in [0.2, 0.25) is 0 Å². The molecule has 1 aliphatic rings. The van der Waals surface area contributed by atoms with Crippen LogP contribution in [-0.4, -0.2) is 57.1 Å². The summed E-state index contributed by atoms with van der Waals surface area (Å²) < 4.78 is 70.0. The third-order valence-corrected chi connectivity index (χ3v) is 6.20. The van der Waals surface area contributed by atoms with Crippen molar-refractivity contribution < 1.29 is 35.9 Å². The summed E-state index contributed by atoms with van der Waals surface area (Å²) >= 11 is 0. The van der Waals surface area contributed by atoms with Crippen LogP contribution < -0.4 is 14.8 Å². The molecule has 0 radical (unpaired) electrons. The smallest absolute Gasteiger partial charge is 0.324 e. The maximum absolute atomic E-state index is 13.7. The van der Waals surface area contributed by atoms with E-state index in [9.17, 15) is 31.2 Å². The fourth-order valence-corrected chi connectivity index (χ4v) is 4.41. The largest absolute Gasteiger partial charge is 0.485 e. The van der Waals surface area contributed by atoms with Crippen LogP contribution in [0.25, 0.3) is 0 Å². The molecule has 1 fully saturated rings. The van der Waals surface area contributed by atoms with Crippen LogP contribution in [0.15, 0.2) is 18.2 Å². The Hall–Kier alpha value is -2.34. The molecule has 3 amide bonds. The number of carbonyl (C=O) groups is 2. The van der Waals surface area contributed by atoms with E-state index in [4.69, 9.17) is 4.74 Å². The Morgan fingerprint density at radius 3 is 2.65 bits per heavy atom.